The number of nitrogens with zero attached hydrogens (tertiary/aromatic N) is 5. The van der Waals surface area contributed by atoms with Crippen molar-refractivity contribution in [2.24, 2.45) is 27.2 Å². The molecule has 1 heterocycles. The second-order valence-electron chi connectivity index (χ2n) is 5.89. The van der Waals surface area contributed by atoms with Crippen LogP contribution in [0.1, 0.15) is 18.2 Å². The van der Waals surface area contributed by atoms with E-state index in [-0.39, 0.29) is 22.2 Å². The van der Waals surface area contributed by atoms with E-state index >= 15 is 0 Å². The number of hydrogen-bond donors (Lipinski definition) is 2. The molecule has 2 rings (SSSR count). The van der Waals surface area contributed by atoms with Gasteiger partial charge in [-0.2, -0.15) is 10.2 Å². The van der Waals surface area contributed by atoms with E-state index in [0.29, 0.717) is 16.6 Å². The van der Waals surface area contributed by atoms with Crippen LogP contribution in [0.15, 0.2) is 56.6 Å². The first-order valence-electron chi connectivity index (χ1n) is 8.53. The minimum Gasteiger partial charge on any atom is -0.741 e. The molecule has 157 valence electrons. The fourth-order valence-electron chi connectivity index (χ4n) is 2.55. The molecule has 0 spiro atoms. The Hall–Kier alpha value is -2.26. The molecule has 0 saturated carbocycles. The summed E-state index contributed by atoms with van der Waals surface area (Å²) >= 11 is 10.1. The Morgan fingerprint density at radius 3 is 2.07 bits per heavy atom. The van der Waals surface area contributed by atoms with Gasteiger partial charge in [0.05, 0.1) is 5.71 Å². The number of benzene rings is 1. The number of amidine groups is 2. The van der Waals surface area contributed by atoms with Crippen LogP contribution in [0, 0.1) is 6.92 Å². The number of aromatic nitrogens is 1. The molecule has 29 heavy (non-hydrogen) atoms. The van der Waals surface area contributed by atoms with Crippen LogP contribution in [0.25, 0.3) is 11.3 Å². The minimum absolute atomic E-state index is 0. The molecule has 0 aliphatic heterocycles. The number of hydrogen-bond acceptors (Lipinski definition) is 6. The van der Waals surface area contributed by atoms with Gasteiger partial charge in [0.25, 0.3) is 0 Å². The van der Waals surface area contributed by atoms with Crippen LogP contribution >= 0.6 is 0 Å². The normalized spacial score (nSPS) is 13.1. The fraction of sp³-hybridized carbons (Fsp3) is 0.263. The molecule has 0 aliphatic carbocycles. The summed E-state index contributed by atoms with van der Waals surface area (Å²) in [5, 5.41) is 9.34. The molecular formula is C19H23CuN7S2. The third-order valence-corrected chi connectivity index (χ3v) is 4.74. The molecule has 0 amide bonds. The van der Waals surface area contributed by atoms with E-state index in [1.165, 1.54) is 0 Å². The van der Waals surface area contributed by atoms with Gasteiger partial charge >= 0.3 is 17.1 Å². The van der Waals surface area contributed by atoms with Gasteiger partial charge in [0.1, 0.15) is 5.71 Å². The molecule has 0 unspecified atom stereocenters. The SMILES string of the molecule is CN=C([S-])N/N=C(C)/C(=N/NC([S-])=NC)c1cc(-c2ccccc2)n(C)c1C.[Cu+2]. The molecule has 0 fully saturated rings. The minimum atomic E-state index is 0. The largest absolute Gasteiger partial charge is 2.00 e. The Kier molecular flexibility index (Phi) is 9.97. The van der Waals surface area contributed by atoms with Crippen LogP contribution in [-0.2, 0) is 49.4 Å². The van der Waals surface area contributed by atoms with E-state index in [4.69, 9.17) is 25.3 Å². The summed E-state index contributed by atoms with van der Waals surface area (Å²) in [6.07, 6.45) is 0. The molecule has 7 nitrogen and oxygen atoms in total. The Morgan fingerprint density at radius 2 is 1.52 bits per heavy atom. The average Bonchev–Trinajstić information content (AvgIpc) is 3.01. The van der Waals surface area contributed by atoms with Crippen molar-refractivity contribution in [3.8, 4) is 11.3 Å². The van der Waals surface area contributed by atoms with Gasteiger partial charge in [-0.1, -0.05) is 30.3 Å². The van der Waals surface area contributed by atoms with E-state index < -0.39 is 0 Å². The zero-order chi connectivity index (χ0) is 20.7. The topological polar surface area (TPSA) is 78.4 Å². The monoisotopic (exact) mass is 476 g/mol. The molecule has 10 heteroatoms. The van der Waals surface area contributed by atoms with Crippen molar-refractivity contribution in [3.63, 3.8) is 0 Å². The fourth-order valence-corrected chi connectivity index (χ4v) is 2.64. The van der Waals surface area contributed by atoms with Crippen molar-refractivity contribution < 1.29 is 17.1 Å². The van der Waals surface area contributed by atoms with Crippen LogP contribution in [0.5, 0.6) is 0 Å². The van der Waals surface area contributed by atoms with Crippen LogP contribution in [0.4, 0.5) is 0 Å². The number of hydrazone groups is 2. The first kappa shape index (κ1) is 24.8. The van der Waals surface area contributed by atoms with E-state index in [9.17, 15) is 0 Å². The number of nitrogens with one attached hydrogen (secondary N) is 2. The van der Waals surface area contributed by atoms with Crippen LogP contribution in [-0.4, -0.2) is 40.4 Å². The maximum atomic E-state index is 5.09. The summed E-state index contributed by atoms with van der Waals surface area (Å²) in [6.45, 7) is 3.87. The Morgan fingerprint density at radius 1 is 0.966 bits per heavy atom. The Labute approximate surface area is 193 Å². The van der Waals surface area contributed by atoms with E-state index in [1.807, 2.05) is 39.1 Å². The molecule has 2 aromatic rings. The standard InChI is InChI=1S/C19H25N7S2.Cu/c1-12(22-24-18(27)20-3)17(23-25-19(28)21-4)15-11-16(26(5)13(15)2)14-9-7-6-8-10-14;/h6-11H,1-5H3,(H2,20,24,27)(H2,21,25,28);/q;+2/p-2/b22-12+,23-17-;. The van der Waals surface area contributed by atoms with Crippen molar-refractivity contribution in [3.05, 3.63) is 47.7 Å². The summed E-state index contributed by atoms with van der Waals surface area (Å²) in [7, 11) is 5.23. The number of rotatable bonds is 5. The maximum Gasteiger partial charge on any atom is 2.00 e. The van der Waals surface area contributed by atoms with Gasteiger partial charge in [0.15, 0.2) is 0 Å². The van der Waals surface area contributed by atoms with Gasteiger partial charge in [-0.15, -0.1) is 0 Å². The molecule has 1 aromatic carbocycles. The van der Waals surface area contributed by atoms with E-state index in [0.717, 1.165) is 22.5 Å². The summed E-state index contributed by atoms with van der Waals surface area (Å²) in [5.74, 6) is 0. The predicted molar refractivity (Wildman–Crippen MR) is 123 cm³/mol. The summed E-state index contributed by atoms with van der Waals surface area (Å²) in [4.78, 5) is 7.78. The third kappa shape index (κ3) is 6.36. The summed E-state index contributed by atoms with van der Waals surface area (Å²) in [6, 6.07) is 12.3. The molecule has 0 atom stereocenters. The molecule has 2 N–H and O–H groups in total. The van der Waals surface area contributed by atoms with Crippen molar-refractivity contribution in [2.45, 2.75) is 13.8 Å². The van der Waals surface area contributed by atoms with Crippen molar-refractivity contribution in [2.75, 3.05) is 14.1 Å². The molecule has 1 aromatic heterocycles. The second-order valence-corrected chi connectivity index (χ2v) is 6.67. The summed E-state index contributed by atoms with van der Waals surface area (Å²) < 4.78 is 2.12. The van der Waals surface area contributed by atoms with E-state index in [2.05, 4.69) is 53.8 Å². The van der Waals surface area contributed by atoms with Crippen LogP contribution < -0.4 is 10.9 Å². The van der Waals surface area contributed by atoms with Gasteiger partial charge in [-0.25, -0.2) is 0 Å². The third-order valence-electron chi connectivity index (χ3n) is 4.19. The molecular weight excluding hydrogens is 454 g/mol. The smallest absolute Gasteiger partial charge is 0.741 e. The first-order valence-corrected chi connectivity index (χ1v) is 9.34. The maximum absolute atomic E-state index is 5.09. The quantitative estimate of drug-likeness (QED) is 0.228. The van der Waals surface area contributed by atoms with Gasteiger partial charge in [0, 0.05) is 38.1 Å². The first-order chi connectivity index (χ1) is 13.4. The van der Waals surface area contributed by atoms with Crippen LogP contribution in [0.2, 0.25) is 0 Å². The Bertz CT molecular complexity index is 947. The molecule has 0 bridgehead atoms. The summed E-state index contributed by atoms with van der Waals surface area (Å²) in [5.41, 5.74) is 10.9. The average molecular weight is 477 g/mol. The van der Waals surface area contributed by atoms with Gasteiger partial charge in [-0.05, 0) is 35.8 Å². The van der Waals surface area contributed by atoms with E-state index in [1.54, 1.807) is 14.1 Å². The van der Waals surface area contributed by atoms with Gasteiger partial charge in [-0.3, -0.25) is 20.8 Å². The zero-order valence-electron chi connectivity index (χ0n) is 16.8. The molecule has 1 radical (unpaired) electrons. The van der Waals surface area contributed by atoms with Crippen molar-refractivity contribution in [1.29, 1.82) is 0 Å². The number of aliphatic imine (C=N–C) groups is 2. The zero-order valence-corrected chi connectivity index (χ0v) is 19.4. The predicted octanol–water partition coefficient (Wildman–Crippen LogP) is 2.32. The molecule has 0 saturated heterocycles. The second kappa shape index (κ2) is 11.7. The van der Waals surface area contributed by atoms with Gasteiger partial charge in [0.2, 0.25) is 0 Å². The Balaban J connectivity index is 0.00000420. The van der Waals surface area contributed by atoms with Crippen molar-refractivity contribution >= 4 is 47.0 Å². The van der Waals surface area contributed by atoms with Gasteiger partial charge < -0.3 is 29.8 Å². The molecule has 0 aliphatic rings. The van der Waals surface area contributed by atoms with Crippen LogP contribution in [0.3, 0.4) is 0 Å². The van der Waals surface area contributed by atoms with Crippen molar-refractivity contribution in [1.82, 2.24) is 15.4 Å².